The highest BCUT2D eigenvalue weighted by molar-refractivity contribution is 6.09. The largest absolute Gasteiger partial charge is 0.480 e. The number of carbonyl (C=O) groups is 1. The first-order valence-corrected chi connectivity index (χ1v) is 5.77. The topological polar surface area (TPSA) is 61.3 Å². The molecule has 20 heavy (non-hydrogen) atoms. The predicted octanol–water partition coefficient (Wildman–Crippen LogP) is 1.71. The fourth-order valence-corrected chi connectivity index (χ4v) is 1.68. The molecule has 5 heteroatoms. The van der Waals surface area contributed by atoms with Gasteiger partial charge >= 0.3 is 6.01 Å². The minimum atomic E-state index is -0.308. The van der Waals surface area contributed by atoms with Crippen LogP contribution < -0.4 is 9.47 Å². The smallest absolute Gasteiger partial charge is 0.320 e. The Hall–Kier alpha value is -2.87. The summed E-state index contributed by atoms with van der Waals surface area (Å²) < 4.78 is 10.0. The van der Waals surface area contributed by atoms with Crippen LogP contribution in [0.15, 0.2) is 30.3 Å². The Kier molecular flexibility index (Phi) is 3.96. The molecular weight excluding hydrogens is 256 g/mol. The van der Waals surface area contributed by atoms with Crippen LogP contribution in [0.1, 0.15) is 21.6 Å². The van der Waals surface area contributed by atoms with E-state index in [-0.39, 0.29) is 28.9 Å². The molecule has 0 fully saturated rings. The maximum Gasteiger partial charge on any atom is 0.320 e. The molecule has 100 valence electrons. The standard InChI is InChI=1S/C15H12N2O3/c1-4-11-12(13(18)10-8-6-5-7-9-10)16-15(20-3)17-14(11)19-2/h1,5-9H,2-3H3. The third-order valence-electron chi connectivity index (χ3n) is 2.63. The number of aromatic nitrogens is 2. The lowest BCUT2D eigenvalue weighted by Crippen LogP contribution is -2.11. The lowest BCUT2D eigenvalue weighted by Gasteiger charge is -2.09. The number of benzene rings is 1. The fraction of sp³-hybridized carbons (Fsp3) is 0.133. The summed E-state index contributed by atoms with van der Waals surface area (Å²) in [5, 5.41) is 0. The van der Waals surface area contributed by atoms with Gasteiger partial charge in [-0.2, -0.15) is 9.97 Å². The molecule has 0 aliphatic heterocycles. The molecule has 1 heterocycles. The van der Waals surface area contributed by atoms with Crippen molar-refractivity contribution in [1.29, 1.82) is 0 Å². The summed E-state index contributed by atoms with van der Waals surface area (Å²) in [4.78, 5) is 20.5. The number of nitrogens with zero attached hydrogens (tertiary/aromatic N) is 2. The van der Waals surface area contributed by atoms with E-state index in [0.29, 0.717) is 5.56 Å². The fourth-order valence-electron chi connectivity index (χ4n) is 1.68. The number of terminal acetylenes is 1. The Bertz CT molecular complexity index is 676. The summed E-state index contributed by atoms with van der Waals surface area (Å²) in [6.45, 7) is 0. The quantitative estimate of drug-likeness (QED) is 0.624. The highest BCUT2D eigenvalue weighted by Gasteiger charge is 2.21. The van der Waals surface area contributed by atoms with Gasteiger partial charge in [0.2, 0.25) is 11.7 Å². The van der Waals surface area contributed by atoms with Crippen molar-refractivity contribution < 1.29 is 14.3 Å². The molecule has 0 aliphatic carbocycles. The number of ether oxygens (including phenoxy) is 2. The van der Waals surface area contributed by atoms with Gasteiger partial charge in [-0.25, -0.2) is 0 Å². The zero-order valence-corrected chi connectivity index (χ0v) is 11.1. The van der Waals surface area contributed by atoms with E-state index in [4.69, 9.17) is 15.9 Å². The first-order chi connectivity index (χ1) is 9.71. The van der Waals surface area contributed by atoms with Crippen LogP contribution in [0.4, 0.5) is 0 Å². The minimum Gasteiger partial charge on any atom is -0.480 e. The molecule has 2 aromatic rings. The Morgan fingerprint density at radius 3 is 2.40 bits per heavy atom. The zero-order chi connectivity index (χ0) is 14.5. The molecule has 0 aliphatic rings. The van der Waals surface area contributed by atoms with Gasteiger partial charge in [0, 0.05) is 5.56 Å². The molecule has 0 saturated carbocycles. The van der Waals surface area contributed by atoms with Gasteiger partial charge in [0.15, 0.2) is 0 Å². The second-order valence-corrected chi connectivity index (χ2v) is 3.78. The first kappa shape index (κ1) is 13.6. The van der Waals surface area contributed by atoms with Crippen molar-refractivity contribution in [3.05, 3.63) is 47.2 Å². The van der Waals surface area contributed by atoms with Gasteiger partial charge in [-0.05, 0) is 0 Å². The molecule has 1 aromatic carbocycles. The predicted molar refractivity (Wildman–Crippen MR) is 72.9 cm³/mol. The number of methoxy groups -OCH3 is 2. The number of hydrogen-bond donors (Lipinski definition) is 0. The van der Waals surface area contributed by atoms with E-state index in [2.05, 4.69) is 15.9 Å². The number of carbonyl (C=O) groups excluding carboxylic acids is 1. The highest BCUT2D eigenvalue weighted by Crippen LogP contribution is 2.23. The van der Waals surface area contributed by atoms with Gasteiger partial charge in [-0.3, -0.25) is 4.79 Å². The Labute approximate surface area is 116 Å². The van der Waals surface area contributed by atoms with Crippen LogP contribution in [0.3, 0.4) is 0 Å². The van der Waals surface area contributed by atoms with Crippen molar-refractivity contribution in [2.24, 2.45) is 0 Å². The van der Waals surface area contributed by atoms with Crippen molar-refractivity contribution >= 4 is 5.78 Å². The third kappa shape index (κ3) is 2.45. The molecule has 0 spiro atoms. The van der Waals surface area contributed by atoms with E-state index in [1.54, 1.807) is 24.3 Å². The average Bonchev–Trinajstić information content (AvgIpc) is 2.53. The van der Waals surface area contributed by atoms with Crippen molar-refractivity contribution in [1.82, 2.24) is 9.97 Å². The monoisotopic (exact) mass is 268 g/mol. The number of ketones is 1. The van der Waals surface area contributed by atoms with Crippen molar-refractivity contribution in [2.75, 3.05) is 14.2 Å². The second-order valence-electron chi connectivity index (χ2n) is 3.78. The van der Waals surface area contributed by atoms with Gasteiger partial charge in [-0.1, -0.05) is 36.3 Å². The Morgan fingerprint density at radius 2 is 1.85 bits per heavy atom. The normalized spacial score (nSPS) is 9.65. The summed E-state index contributed by atoms with van der Waals surface area (Å²) in [6.07, 6.45) is 5.43. The van der Waals surface area contributed by atoms with E-state index in [1.165, 1.54) is 14.2 Å². The van der Waals surface area contributed by atoms with Crippen LogP contribution in [-0.4, -0.2) is 30.0 Å². The van der Waals surface area contributed by atoms with Gasteiger partial charge in [0.1, 0.15) is 11.3 Å². The van der Waals surface area contributed by atoms with Gasteiger partial charge in [0.25, 0.3) is 0 Å². The molecule has 1 aromatic heterocycles. The molecule has 0 atom stereocenters. The van der Waals surface area contributed by atoms with E-state index < -0.39 is 0 Å². The summed E-state index contributed by atoms with van der Waals surface area (Å²) in [5.74, 6) is 2.22. The van der Waals surface area contributed by atoms with E-state index in [9.17, 15) is 4.79 Å². The SMILES string of the molecule is C#Cc1c(OC)nc(OC)nc1C(=O)c1ccccc1. The summed E-state index contributed by atoms with van der Waals surface area (Å²) >= 11 is 0. The van der Waals surface area contributed by atoms with Crippen LogP contribution >= 0.6 is 0 Å². The molecule has 0 bridgehead atoms. The van der Waals surface area contributed by atoms with Crippen molar-refractivity contribution in [3.8, 4) is 24.2 Å². The van der Waals surface area contributed by atoms with Crippen LogP contribution in [0.25, 0.3) is 0 Å². The van der Waals surface area contributed by atoms with Gasteiger partial charge in [-0.15, -0.1) is 6.42 Å². The van der Waals surface area contributed by atoms with Gasteiger partial charge in [0.05, 0.1) is 14.2 Å². The first-order valence-electron chi connectivity index (χ1n) is 5.77. The van der Waals surface area contributed by atoms with E-state index in [1.807, 2.05) is 6.07 Å². The third-order valence-corrected chi connectivity index (χ3v) is 2.63. The van der Waals surface area contributed by atoms with E-state index in [0.717, 1.165) is 0 Å². The average molecular weight is 268 g/mol. The van der Waals surface area contributed by atoms with Crippen LogP contribution in [0, 0.1) is 12.3 Å². The zero-order valence-electron chi connectivity index (χ0n) is 11.1. The maximum atomic E-state index is 12.5. The lowest BCUT2D eigenvalue weighted by atomic mass is 10.0. The van der Waals surface area contributed by atoms with Gasteiger partial charge < -0.3 is 9.47 Å². The van der Waals surface area contributed by atoms with Crippen LogP contribution in [0.2, 0.25) is 0 Å². The molecular formula is C15H12N2O3. The lowest BCUT2D eigenvalue weighted by molar-refractivity contribution is 0.103. The van der Waals surface area contributed by atoms with Crippen LogP contribution in [-0.2, 0) is 0 Å². The maximum absolute atomic E-state index is 12.5. The molecule has 2 rings (SSSR count). The van der Waals surface area contributed by atoms with E-state index >= 15 is 0 Å². The molecule has 5 nitrogen and oxygen atoms in total. The summed E-state index contributed by atoms with van der Waals surface area (Å²) in [5.41, 5.74) is 0.774. The van der Waals surface area contributed by atoms with Crippen LogP contribution in [0.5, 0.6) is 11.9 Å². The highest BCUT2D eigenvalue weighted by atomic mass is 16.5. The molecule has 0 saturated heterocycles. The Balaban J connectivity index is 2.61. The van der Waals surface area contributed by atoms with Crippen molar-refractivity contribution in [3.63, 3.8) is 0 Å². The molecule has 0 N–H and O–H groups in total. The number of hydrogen-bond acceptors (Lipinski definition) is 5. The van der Waals surface area contributed by atoms with Crippen molar-refractivity contribution in [2.45, 2.75) is 0 Å². The number of rotatable bonds is 4. The molecule has 0 amide bonds. The molecule has 0 unspecified atom stereocenters. The summed E-state index contributed by atoms with van der Waals surface area (Å²) in [7, 11) is 2.82. The summed E-state index contributed by atoms with van der Waals surface area (Å²) in [6, 6.07) is 8.74. The Morgan fingerprint density at radius 1 is 1.15 bits per heavy atom. The second kappa shape index (κ2) is 5.85. The minimum absolute atomic E-state index is 0.0279. The molecule has 0 radical (unpaired) electrons.